The maximum atomic E-state index is 12.6. The molecular formula is C28H34N2O4. The number of nitrogens with zero attached hydrogens (tertiary/aromatic N) is 1. The number of benzene rings is 2. The average molecular weight is 463 g/mol. The quantitative estimate of drug-likeness (QED) is 0.422. The molecule has 34 heavy (non-hydrogen) atoms. The Hall–Kier alpha value is -3.12. The summed E-state index contributed by atoms with van der Waals surface area (Å²) in [7, 11) is 2.06. The Labute approximate surface area is 201 Å². The zero-order valence-electron chi connectivity index (χ0n) is 20.1. The monoisotopic (exact) mass is 462 g/mol. The van der Waals surface area contributed by atoms with E-state index in [2.05, 4.69) is 30.8 Å². The zero-order valence-corrected chi connectivity index (χ0v) is 20.1. The molecule has 2 fully saturated rings. The Morgan fingerprint density at radius 3 is 2.79 bits per heavy atom. The van der Waals surface area contributed by atoms with E-state index >= 15 is 0 Å². The molecule has 1 amide bonds. The van der Waals surface area contributed by atoms with Crippen LogP contribution in [0.4, 0.5) is 5.69 Å². The van der Waals surface area contributed by atoms with E-state index in [1.54, 1.807) is 0 Å². The van der Waals surface area contributed by atoms with Crippen molar-refractivity contribution in [3.05, 3.63) is 71.8 Å². The van der Waals surface area contributed by atoms with Crippen LogP contribution in [0.3, 0.4) is 0 Å². The van der Waals surface area contributed by atoms with E-state index in [1.165, 1.54) is 0 Å². The number of fused-ring (bicyclic) bond motifs is 1. The second-order valence-electron chi connectivity index (χ2n) is 9.57. The first-order valence-corrected chi connectivity index (χ1v) is 12.0. The van der Waals surface area contributed by atoms with Gasteiger partial charge in [0.25, 0.3) is 0 Å². The second-order valence-corrected chi connectivity index (χ2v) is 9.57. The van der Waals surface area contributed by atoms with E-state index in [9.17, 15) is 9.59 Å². The lowest BCUT2D eigenvalue weighted by molar-refractivity contribution is -0.146. The third kappa shape index (κ3) is 5.50. The Balaban J connectivity index is 1.31. The number of esters is 1. The minimum atomic E-state index is -0.471. The van der Waals surface area contributed by atoms with E-state index in [0.29, 0.717) is 26.1 Å². The van der Waals surface area contributed by atoms with E-state index < -0.39 is 5.41 Å². The first-order chi connectivity index (χ1) is 16.4. The second kappa shape index (κ2) is 10.4. The Bertz CT molecular complexity index is 1050. The normalized spacial score (nSPS) is 21.4. The standard InChI is InChI=1S/C28H34N2O4/c1-4-30(3)12-13-33-25-7-5-6-22(15-25)16-26(31)29-24-10-8-21(9-11-24)18-28-17-20(2)14-23(28)19-34-27(28)32/h5-11,15,23H,2,4,12-14,16-19H2,1,3H3,(H,29,31). The molecular weight excluding hydrogens is 428 g/mol. The van der Waals surface area contributed by atoms with Gasteiger partial charge in [-0.1, -0.05) is 43.3 Å². The number of hydrogen-bond donors (Lipinski definition) is 1. The number of carbonyl (C=O) groups excluding carboxylic acids is 2. The lowest BCUT2D eigenvalue weighted by Crippen LogP contribution is -2.31. The summed E-state index contributed by atoms with van der Waals surface area (Å²) in [6.07, 6.45) is 2.48. The van der Waals surface area contributed by atoms with Gasteiger partial charge in [-0.25, -0.2) is 0 Å². The number of likely N-dealkylation sites (N-methyl/N-ethyl adjacent to an activating group) is 1. The number of amides is 1. The predicted molar refractivity (Wildman–Crippen MR) is 133 cm³/mol. The minimum Gasteiger partial charge on any atom is -0.492 e. The molecule has 4 rings (SSSR count). The van der Waals surface area contributed by atoms with Gasteiger partial charge in [0.2, 0.25) is 5.91 Å². The lowest BCUT2D eigenvalue weighted by atomic mass is 9.75. The van der Waals surface area contributed by atoms with E-state index in [-0.39, 0.29) is 24.2 Å². The summed E-state index contributed by atoms with van der Waals surface area (Å²) in [5.41, 5.74) is 3.37. The third-order valence-corrected chi connectivity index (χ3v) is 7.01. The summed E-state index contributed by atoms with van der Waals surface area (Å²) >= 11 is 0. The van der Waals surface area contributed by atoms with Crippen LogP contribution in [0, 0.1) is 11.3 Å². The van der Waals surface area contributed by atoms with Crippen LogP contribution in [-0.2, 0) is 27.2 Å². The van der Waals surface area contributed by atoms with Crippen LogP contribution in [0.15, 0.2) is 60.7 Å². The van der Waals surface area contributed by atoms with Crippen LogP contribution >= 0.6 is 0 Å². The van der Waals surface area contributed by atoms with Crippen molar-refractivity contribution in [1.82, 2.24) is 4.90 Å². The molecule has 2 atom stereocenters. The number of anilines is 1. The van der Waals surface area contributed by atoms with Crippen molar-refractivity contribution >= 4 is 17.6 Å². The van der Waals surface area contributed by atoms with Crippen molar-refractivity contribution in [3.8, 4) is 5.75 Å². The summed E-state index contributed by atoms with van der Waals surface area (Å²) in [5.74, 6) is 0.814. The minimum absolute atomic E-state index is 0.0827. The van der Waals surface area contributed by atoms with Gasteiger partial charge < -0.3 is 19.7 Å². The van der Waals surface area contributed by atoms with Crippen molar-refractivity contribution in [2.75, 3.05) is 38.7 Å². The summed E-state index contributed by atoms with van der Waals surface area (Å²) in [6.45, 7) is 9.16. The number of allylic oxidation sites excluding steroid dienone is 1. The molecule has 1 saturated heterocycles. The van der Waals surface area contributed by atoms with Gasteiger partial charge in [0.05, 0.1) is 18.4 Å². The van der Waals surface area contributed by atoms with Gasteiger partial charge in [-0.05, 0) is 68.2 Å². The van der Waals surface area contributed by atoms with Gasteiger partial charge in [0.15, 0.2) is 0 Å². The molecule has 6 nitrogen and oxygen atoms in total. The van der Waals surface area contributed by atoms with Crippen LogP contribution in [0.5, 0.6) is 5.75 Å². The maximum absolute atomic E-state index is 12.6. The predicted octanol–water partition coefficient (Wildman–Crippen LogP) is 4.25. The maximum Gasteiger partial charge on any atom is 0.313 e. The molecule has 0 aromatic heterocycles. The molecule has 2 aromatic carbocycles. The number of hydrogen-bond acceptors (Lipinski definition) is 5. The molecule has 2 aliphatic rings. The van der Waals surface area contributed by atoms with Crippen LogP contribution in [-0.4, -0.2) is 50.1 Å². The van der Waals surface area contributed by atoms with Gasteiger partial charge in [0, 0.05) is 18.2 Å². The molecule has 0 spiro atoms. The molecule has 1 saturated carbocycles. The molecule has 6 heteroatoms. The highest BCUT2D eigenvalue weighted by Gasteiger charge is 2.55. The number of nitrogens with one attached hydrogen (secondary N) is 1. The van der Waals surface area contributed by atoms with Crippen molar-refractivity contribution in [2.45, 2.75) is 32.6 Å². The molecule has 1 aliphatic carbocycles. The average Bonchev–Trinajstić information content (AvgIpc) is 3.28. The highest BCUT2D eigenvalue weighted by atomic mass is 16.5. The van der Waals surface area contributed by atoms with Crippen LogP contribution in [0.1, 0.15) is 30.9 Å². The lowest BCUT2D eigenvalue weighted by Gasteiger charge is -2.24. The largest absolute Gasteiger partial charge is 0.492 e. The summed E-state index contributed by atoms with van der Waals surface area (Å²) in [5, 5.41) is 2.96. The zero-order chi connectivity index (χ0) is 24.1. The van der Waals surface area contributed by atoms with Crippen molar-refractivity contribution in [2.24, 2.45) is 11.3 Å². The van der Waals surface area contributed by atoms with Gasteiger partial charge in [-0.2, -0.15) is 0 Å². The van der Waals surface area contributed by atoms with Gasteiger partial charge >= 0.3 is 5.97 Å². The first-order valence-electron chi connectivity index (χ1n) is 12.0. The summed E-state index contributed by atoms with van der Waals surface area (Å²) < 4.78 is 11.2. The van der Waals surface area contributed by atoms with Gasteiger partial charge in [-0.3, -0.25) is 9.59 Å². The van der Waals surface area contributed by atoms with Crippen LogP contribution in [0.25, 0.3) is 0 Å². The fraction of sp³-hybridized carbons (Fsp3) is 0.429. The number of cyclic esters (lactones) is 1. The molecule has 1 aliphatic heterocycles. The van der Waals surface area contributed by atoms with Gasteiger partial charge in [-0.15, -0.1) is 0 Å². The Kier molecular flexibility index (Phi) is 7.37. The van der Waals surface area contributed by atoms with E-state index in [1.807, 2.05) is 48.5 Å². The molecule has 0 radical (unpaired) electrons. The fourth-order valence-electron chi connectivity index (χ4n) is 4.95. The van der Waals surface area contributed by atoms with Crippen LogP contribution < -0.4 is 10.1 Å². The number of ether oxygens (including phenoxy) is 2. The third-order valence-electron chi connectivity index (χ3n) is 7.01. The van der Waals surface area contributed by atoms with E-state index in [0.717, 1.165) is 47.6 Å². The molecule has 2 aromatic rings. The summed E-state index contributed by atoms with van der Waals surface area (Å²) in [6, 6.07) is 15.4. The van der Waals surface area contributed by atoms with Gasteiger partial charge in [0.1, 0.15) is 12.4 Å². The number of rotatable bonds is 10. The molecule has 1 heterocycles. The molecule has 180 valence electrons. The smallest absolute Gasteiger partial charge is 0.313 e. The fourth-order valence-corrected chi connectivity index (χ4v) is 4.95. The molecule has 0 bridgehead atoms. The van der Waals surface area contributed by atoms with Crippen molar-refractivity contribution in [3.63, 3.8) is 0 Å². The summed E-state index contributed by atoms with van der Waals surface area (Å²) in [4.78, 5) is 27.3. The first kappa shape index (κ1) is 24.0. The van der Waals surface area contributed by atoms with Crippen molar-refractivity contribution < 1.29 is 19.1 Å². The highest BCUT2D eigenvalue weighted by Crippen LogP contribution is 2.52. The Morgan fingerprint density at radius 1 is 1.24 bits per heavy atom. The van der Waals surface area contributed by atoms with Crippen LogP contribution in [0.2, 0.25) is 0 Å². The number of carbonyl (C=O) groups is 2. The van der Waals surface area contributed by atoms with E-state index in [4.69, 9.17) is 9.47 Å². The van der Waals surface area contributed by atoms with Crippen molar-refractivity contribution in [1.29, 1.82) is 0 Å². The highest BCUT2D eigenvalue weighted by molar-refractivity contribution is 5.92. The Morgan fingerprint density at radius 2 is 2.03 bits per heavy atom. The topological polar surface area (TPSA) is 67.9 Å². The SMILES string of the molecule is C=C1CC2COC(=O)C2(Cc2ccc(NC(=O)Cc3cccc(OCCN(C)CC)c3)cc2)C1. The molecule has 2 unspecified atom stereocenters. The molecule has 1 N–H and O–H groups in total.